The molecule has 0 aliphatic heterocycles. The van der Waals surface area contributed by atoms with Gasteiger partial charge in [-0.1, -0.05) is 0 Å². The molecular weight excluding hydrogens is 164 g/mol. The fourth-order valence-electron chi connectivity index (χ4n) is 1.25. The Bertz CT molecular complexity index is 180. The molecule has 1 aliphatic rings. The van der Waals surface area contributed by atoms with Crippen LogP contribution in [0.4, 0.5) is 8.78 Å². The minimum Gasteiger partial charge on any atom is -0.338 e. The van der Waals surface area contributed by atoms with Crippen LogP contribution >= 0.6 is 0 Å². The molecule has 0 spiro atoms. The first kappa shape index (κ1) is 9.42. The van der Waals surface area contributed by atoms with Gasteiger partial charge in [-0.2, -0.15) is 8.78 Å². The molecule has 0 bridgehead atoms. The third-order valence-corrected chi connectivity index (χ3v) is 2.45. The quantitative estimate of drug-likeness (QED) is 0.639. The van der Waals surface area contributed by atoms with E-state index < -0.39 is 12.3 Å². The molecule has 1 amide bonds. The second kappa shape index (κ2) is 3.37. The number of hydrogen-bond acceptors (Lipinski definition) is 1. The summed E-state index contributed by atoms with van der Waals surface area (Å²) in [6.45, 7) is 1.82. The summed E-state index contributed by atoms with van der Waals surface area (Å²) in [6.07, 6.45) is -0.750. The number of amides is 1. The predicted octanol–water partition coefficient (Wildman–Crippen LogP) is 1.51. The molecule has 1 rings (SSSR count). The van der Waals surface area contributed by atoms with Gasteiger partial charge in [0, 0.05) is 13.1 Å². The highest BCUT2D eigenvalue weighted by atomic mass is 19.3. The molecular formula is C8H13F2NO. The molecule has 0 aromatic carbocycles. The van der Waals surface area contributed by atoms with Gasteiger partial charge in [-0.3, -0.25) is 4.79 Å². The summed E-state index contributed by atoms with van der Waals surface area (Å²) in [5, 5.41) is 0. The summed E-state index contributed by atoms with van der Waals surface area (Å²) in [5.74, 6) is -0.618. The van der Waals surface area contributed by atoms with Crippen LogP contribution in [0.1, 0.15) is 19.8 Å². The van der Waals surface area contributed by atoms with Gasteiger partial charge in [0.05, 0.1) is 0 Å². The minimum atomic E-state index is -2.86. The minimum absolute atomic E-state index is 0.0356. The van der Waals surface area contributed by atoms with Crippen LogP contribution < -0.4 is 0 Å². The second-order valence-electron chi connectivity index (χ2n) is 3.33. The molecule has 0 radical (unpaired) electrons. The van der Waals surface area contributed by atoms with Crippen molar-refractivity contribution in [2.45, 2.75) is 32.2 Å². The van der Waals surface area contributed by atoms with E-state index >= 15 is 0 Å². The lowest BCUT2D eigenvalue weighted by Gasteiger charge is -2.24. The van der Waals surface area contributed by atoms with Crippen LogP contribution in [-0.4, -0.2) is 30.3 Å². The molecule has 70 valence electrons. The van der Waals surface area contributed by atoms with Crippen molar-refractivity contribution < 1.29 is 13.6 Å². The van der Waals surface area contributed by atoms with E-state index in [0.29, 0.717) is 5.92 Å². The zero-order chi connectivity index (χ0) is 9.30. The zero-order valence-corrected chi connectivity index (χ0v) is 7.26. The zero-order valence-electron chi connectivity index (χ0n) is 7.26. The lowest BCUT2D eigenvalue weighted by molar-refractivity contribution is -0.143. The van der Waals surface area contributed by atoms with Crippen LogP contribution in [0.2, 0.25) is 0 Å². The number of rotatable bonds is 3. The van der Waals surface area contributed by atoms with Crippen LogP contribution in [-0.2, 0) is 4.79 Å². The number of carbonyl (C=O) groups excluding carboxylic acids is 1. The third kappa shape index (κ3) is 1.93. The molecule has 1 saturated carbocycles. The van der Waals surface area contributed by atoms with E-state index in [0.717, 1.165) is 17.7 Å². The third-order valence-electron chi connectivity index (χ3n) is 2.45. The highest BCUT2D eigenvalue weighted by molar-refractivity contribution is 5.79. The maximum Gasteiger partial charge on any atom is 0.315 e. The monoisotopic (exact) mass is 177 g/mol. The predicted molar refractivity (Wildman–Crippen MR) is 41.0 cm³/mol. The smallest absolute Gasteiger partial charge is 0.315 e. The van der Waals surface area contributed by atoms with E-state index in [-0.39, 0.29) is 6.04 Å². The van der Waals surface area contributed by atoms with E-state index in [1.807, 2.05) is 6.92 Å². The number of halogens is 2. The lowest BCUT2D eigenvalue weighted by Crippen LogP contribution is -2.39. The number of hydrogen-bond donors (Lipinski definition) is 0. The Morgan fingerprint density at radius 3 is 2.33 bits per heavy atom. The second-order valence-corrected chi connectivity index (χ2v) is 3.33. The molecule has 0 N–H and O–H groups in total. The topological polar surface area (TPSA) is 20.3 Å². The molecule has 1 unspecified atom stereocenters. The van der Waals surface area contributed by atoms with Gasteiger partial charge in [-0.15, -0.1) is 0 Å². The number of alkyl halides is 2. The maximum atomic E-state index is 11.9. The Morgan fingerprint density at radius 2 is 2.00 bits per heavy atom. The lowest BCUT2D eigenvalue weighted by atomic mass is 10.2. The fraction of sp³-hybridized carbons (Fsp3) is 0.875. The largest absolute Gasteiger partial charge is 0.338 e. The molecule has 1 atom stereocenters. The summed E-state index contributed by atoms with van der Waals surface area (Å²) in [7, 11) is 1.44. The van der Waals surface area contributed by atoms with E-state index in [9.17, 15) is 13.6 Å². The van der Waals surface area contributed by atoms with Gasteiger partial charge in [0.15, 0.2) is 0 Å². The van der Waals surface area contributed by atoms with Gasteiger partial charge in [0.2, 0.25) is 0 Å². The number of nitrogens with zero attached hydrogens (tertiary/aromatic N) is 1. The van der Waals surface area contributed by atoms with Crippen molar-refractivity contribution in [1.82, 2.24) is 4.90 Å². The van der Waals surface area contributed by atoms with E-state index in [4.69, 9.17) is 0 Å². The molecule has 0 heterocycles. The molecule has 0 aromatic heterocycles. The van der Waals surface area contributed by atoms with Crippen LogP contribution in [0.3, 0.4) is 0 Å². The van der Waals surface area contributed by atoms with Gasteiger partial charge in [0.1, 0.15) is 0 Å². The van der Waals surface area contributed by atoms with Crippen molar-refractivity contribution in [2.75, 3.05) is 7.05 Å². The van der Waals surface area contributed by atoms with Crippen LogP contribution in [0, 0.1) is 5.92 Å². The van der Waals surface area contributed by atoms with Crippen molar-refractivity contribution in [3.63, 3.8) is 0 Å². The molecule has 1 aliphatic carbocycles. The van der Waals surface area contributed by atoms with Gasteiger partial charge in [0.25, 0.3) is 5.91 Å². The van der Waals surface area contributed by atoms with Crippen molar-refractivity contribution in [3.8, 4) is 0 Å². The van der Waals surface area contributed by atoms with Gasteiger partial charge >= 0.3 is 6.43 Å². The normalized spacial score (nSPS) is 19.4. The SMILES string of the molecule is CC(C1CC1)N(C)C(=O)C(F)F. The summed E-state index contributed by atoms with van der Waals surface area (Å²) in [4.78, 5) is 11.9. The molecule has 0 aromatic rings. The molecule has 2 nitrogen and oxygen atoms in total. The van der Waals surface area contributed by atoms with Crippen molar-refractivity contribution in [1.29, 1.82) is 0 Å². The highest BCUT2D eigenvalue weighted by Gasteiger charge is 2.34. The van der Waals surface area contributed by atoms with Crippen molar-refractivity contribution in [2.24, 2.45) is 5.92 Å². The Kier molecular flexibility index (Phi) is 2.65. The first-order chi connectivity index (χ1) is 5.54. The van der Waals surface area contributed by atoms with Crippen LogP contribution in [0.15, 0.2) is 0 Å². The first-order valence-electron chi connectivity index (χ1n) is 4.09. The standard InChI is InChI=1S/C8H13F2NO/c1-5(6-3-4-6)11(2)8(12)7(9)10/h5-7H,3-4H2,1-2H3. The van der Waals surface area contributed by atoms with E-state index in [2.05, 4.69) is 0 Å². The Hall–Kier alpha value is -0.670. The average molecular weight is 177 g/mol. The molecule has 0 saturated heterocycles. The summed E-state index contributed by atoms with van der Waals surface area (Å²) in [6, 6.07) is -0.0356. The first-order valence-corrected chi connectivity index (χ1v) is 4.09. The highest BCUT2D eigenvalue weighted by Crippen LogP contribution is 2.34. The van der Waals surface area contributed by atoms with E-state index in [1.54, 1.807) is 0 Å². The Morgan fingerprint density at radius 1 is 1.50 bits per heavy atom. The van der Waals surface area contributed by atoms with Gasteiger partial charge in [-0.25, -0.2) is 0 Å². The van der Waals surface area contributed by atoms with Gasteiger partial charge < -0.3 is 4.90 Å². The average Bonchev–Trinajstić information content (AvgIpc) is 2.82. The van der Waals surface area contributed by atoms with Crippen LogP contribution in [0.25, 0.3) is 0 Å². The van der Waals surface area contributed by atoms with E-state index in [1.165, 1.54) is 7.05 Å². The van der Waals surface area contributed by atoms with Crippen molar-refractivity contribution >= 4 is 5.91 Å². The van der Waals surface area contributed by atoms with Crippen LogP contribution in [0.5, 0.6) is 0 Å². The number of carbonyl (C=O) groups is 1. The van der Waals surface area contributed by atoms with Crippen molar-refractivity contribution in [3.05, 3.63) is 0 Å². The maximum absolute atomic E-state index is 11.9. The molecule has 12 heavy (non-hydrogen) atoms. The Balaban J connectivity index is 2.44. The Labute approximate surface area is 70.5 Å². The summed E-state index contributed by atoms with van der Waals surface area (Å²) in [5.41, 5.74) is 0. The molecule has 4 heteroatoms. The summed E-state index contributed by atoms with van der Waals surface area (Å²) >= 11 is 0. The summed E-state index contributed by atoms with van der Waals surface area (Å²) < 4.78 is 23.9. The molecule has 1 fully saturated rings. The van der Waals surface area contributed by atoms with Gasteiger partial charge in [-0.05, 0) is 25.7 Å². The fourth-order valence-corrected chi connectivity index (χ4v) is 1.25.